The van der Waals surface area contributed by atoms with Gasteiger partial charge in [-0.15, -0.1) is 0 Å². The van der Waals surface area contributed by atoms with Crippen LogP contribution < -0.4 is 15.1 Å². The van der Waals surface area contributed by atoms with E-state index in [0.29, 0.717) is 15.6 Å². The van der Waals surface area contributed by atoms with E-state index in [9.17, 15) is 32.3 Å². The quantitative estimate of drug-likeness (QED) is 0.462. The van der Waals surface area contributed by atoms with Crippen LogP contribution in [0.1, 0.15) is 29.9 Å². The van der Waals surface area contributed by atoms with E-state index < -0.39 is 50.9 Å². The number of thioether (sulfide) groups is 1. The summed E-state index contributed by atoms with van der Waals surface area (Å²) in [6.45, 7) is 5.09. The molecule has 0 bridgehead atoms. The van der Waals surface area contributed by atoms with Crippen LogP contribution in [0.3, 0.4) is 0 Å². The van der Waals surface area contributed by atoms with Gasteiger partial charge in [-0.25, -0.2) is 4.90 Å². The number of carbonyl (C=O) groups excluding carboxylic acids is 3. The molecule has 2 aliphatic heterocycles. The van der Waals surface area contributed by atoms with Gasteiger partial charge in [0.25, 0.3) is 0 Å². The second kappa shape index (κ2) is 9.12. The zero-order chi connectivity index (χ0) is 27.6. The van der Waals surface area contributed by atoms with E-state index in [2.05, 4.69) is 5.32 Å². The number of rotatable bonds is 4. The van der Waals surface area contributed by atoms with E-state index in [4.69, 9.17) is 0 Å². The first-order valence-electron chi connectivity index (χ1n) is 11.6. The summed E-state index contributed by atoms with van der Waals surface area (Å²) in [7, 11) is 0. The van der Waals surface area contributed by atoms with Crippen LogP contribution in [-0.2, 0) is 32.5 Å². The zero-order valence-corrected chi connectivity index (χ0v) is 22.1. The van der Waals surface area contributed by atoms with Crippen molar-refractivity contribution in [1.29, 1.82) is 0 Å². The number of hydrogen-bond acceptors (Lipinski definition) is 6. The van der Waals surface area contributed by atoms with Gasteiger partial charge in [-0.2, -0.15) is 13.2 Å². The largest absolute Gasteiger partial charge is 0.416 e. The van der Waals surface area contributed by atoms with E-state index in [1.807, 2.05) is 19.1 Å². The van der Waals surface area contributed by atoms with Crippen molar-refractivity contribution < 1.29 is 27.6 Å². The summed E-state index contributed by atoms with van der Waals surface area (Å²) in [5.41, 5.74) is -0.506. The number of nitrogens with zero attached hydrogens (tertiary/aromatic N) is 2. The van der Waals surface area contributed by atoms with Crippen molar-refractivity contribution in [2.75, 3.05) is 10.2 Å². The maximum atomic E-state index is 13.5. The highest BCUT2D eigenvalue weighted by Crippen LogP contribution is 2.54. The van der Waals surface area contributed by atoms with E-state index in [1.165, 1.54) is 10.6 Å². The standard InChI is InChI=1S/C26H22F3N3O4S2/c1-13-7-9-15(10-8-13)30-17(33)12-31-23-20(38-24(31)36)25(2,3)18-19(37-23)22(35)32(21(18)34)16-6-4-5-14(11-16)26(27,28)29/h4-11,18-19H,12H2,1-3H3,(H,30,33). The van der Waals surface area contributed by atoms with E-state index >= 15 is 0 Å². The highest BCUT2D eigenvalue weighted by Gasteiger charge is 2.59. The number of amides is 3. The van der Waals surface area contributed by atoms with Crippen LogP contribution in [0, 0.1) is 12.8 Å². The summed E-state index contributed by atoms with van der Waals surface area (Å²) >= 11 is 1.91. The topological polar surface area (TPSA) is 88.5 Å². The third-order valence-corrected chi connectivity index (χ3v) is 9.60. The fourth-order valence-corrected chi connectivity index (χ4v) is 7.86. The smallest absolute Gasteiger partial charge is 0.325 e. The second-order valence-corrected chi connectivity index (χ2v) is 11.9. The first-order valence-corrected chi connectivity index (χ1v) is 13.3. The molecule has 3 heterocycles. The molecular weight excluding hydrogens is 539 g/mol. The molecule has 198 valence electrons. The molecule has 7 nitrogen and oxygen atoms in total. The molecule has 0 saturated carbocycles. The number of aromatic nitrogens is 1. The minimum Gasteiger partial charge on any atom is -0.325 e. The maximum absolute atomic E-state index is 13.5. The minimum absolute atomic E-state index is 0.154. The summed E-state index contributed by atoms with van der Waals surface area (Å²) in [6.07, 6.45) is -4.64. The number of thiazole rings is 1. The van der Waals surface area contributed by atoms with Gasteiger partial charge in [0.1, 0.15) is 11.8 Å². The first kappa shape index (κ1) is 26.2. The molecule has 38 heavy (non-hydrogen) atoms. The van der Waals surface area contributed by atoms with Crippen molar-refractivity contribution >= 4 is 52.2 Å². The van der Waals surface area contributed by atoms with Crippen molar-refractivity contribution in [2.45, 2.75) is 49.2 Å². The maximum Gasteiger partial charge on any atom is 0.416 e. The van der Waals surface area contributed by atoms with Gasteiger partial charge >= 0.3 is 11.0 Å². The number of halogens is 3. The molecule has 3 amide bonds. The zero-order valence-electron chi connectivity index (χ0n) is 20.5. The summed E-state index contributed by atoms with van der Waals surface area (Å²) in [6, 6.07) is 11.3. The Morgan fingerprint density at radius 2 is 1.74 bits per heavy atom. The fourth-order valence-electron chi connectivity index (χ4n) is 4.82. The summed E-state index contributed by atoms with van der Waals surface area (Å²) < 4.78 is 41.2. The van der Waals surface area contributed by atoms with Crippen LogP contribution in [0.15, 0.2) is 58.4 Å². The molecule has 1 aromatic heterocycles. The van der Waals surface area contributed by atoms with Gasteiger partial charge in [0.05, 0.1) is 22.2 Å². The molecule has 5 rings (SSSR count). The Morgan fingerprint density at radius 3 is 2.39 bits per heavy atom. The fraction of sp³-hybridized carbons (Fsp3) is 0.308. The molecular formula is C26H22F3N3O4S2. The van der Waals surface area contributed by atoms with Crippen molar-refractivity contribution in [3.8, 4) is 0 Å². The average molecular weight is 562 g/mol. The Labute approximate surface area is 223 Å². The van der Waals surface area contributed by atoms with Gasteiger partial charge in [0.2, 0.25) is 17.7 Å². The molecule has 2 atom stereocenters. The SMILES string of the molecule is Cc1ccc(NC(=O)Cn2c3c(sc2=O)C(C)(C)C2C(=O)N(c4cccc(C(F)(F)F)c4)C(=O)C2S3)cc1. The van der Waals surface area contributed by atoms with Gasteiger partial charge < -0.3 is 5.32 Å². The van der Waals surface area contributed by atoms with Gasteiger partial charge in [0.15, 0.2) is 0 Å². The molecule has 3 aromatic rings. The predicted octanol–water partition coefficient (Wildman–Crippen LogP) is 4.82. The van der Waals surface area contributed by atoms with Crippen LogP contribution in [0.2, 0.25) is 0 Å². The van der Waals surface area contributed by atoms with Crippen LogP contribution >= 0.6 is 23.1 Å². The lowest BCUT2D eigenvalue weighted by Gasteiger charge is -2.36. The molecule has 0 aliphatic carbocycles. The van der Waals surface area contributed by atoms with Crippen LogP contribution in [-0.4, -0.2) is 27.5 Å². The van der Waals surface area contributed by atoms with E-state index in [1.54, 1.807) is 26.0 Å². The Hall–Kier alpha value is -3.38. The highest BCUT2D eigenvalue weighted by atomic mass is 32.2. The molecule has 2 aliphatic rings. The summed E-state index contributed by atoms with van der Waals surface area (Å²) in [5.74, 6) is -2.60. The number of hydrogen-bond donors (Lipinski definition) is 1. The molecule has 0 spiro atoms. The van der Waals surface area contributed by atoms with E-state index in [-0.39, 0.29) is 12.2 Å². The predicted molar refractivity (Wildman–Crippen MR) is 138 cm³/mol. The Kier molecular flexibility index (Phi) is 6.30. The van der Waals surface area contributed by atoms with Crippen LogP contribution in [0.5, 0.6) is 0 Å². The van der Waals surface area contributed by atoms with E-state index in [0.717, 1.165) is 51.8 Å². The van der Waals surface area contributed by atoms with Gasteiger partial charge in [-0.05, 0) is 37.3 Å². The summed E-state index contributed by atoms with van der Waals surface area (Å²) in [5, 5.41) is 2.20. The normalized spacial score (nSPS) is 20.3. The molecule has 2 unspecified atom stereocenters. The minimum atomic E-state index is -4.64. The highest BCUT2D eigenvalue weighted by molar-refractivity contribution is 8.00. The second-order valence-electron chi connectivity index (χ2n) is 9.80. The number of nitrogens with one attached hydrogen (secondary N) is 1. The third kappa shape index (κ3) is 4.35. The number of benzene rings is 2. The van der Waals surface area contributed by atoms with Crippen LogP contribution in [0.25, 0.3) is 0 Å². The number of anilines is 2. The molecule has 1 N–H and O–H groups in total. The number of alkyl halides is 3. The number of imide groups is 1. The van der Waals surface area contributed by atoms with Crippen molar-refractivity contribution in [2.24, 2.45) is 5.92 Å². The number of fused-ring (bicyclic) bond motifs is 2. The lowest BCUT2D eigenvalue weighted by molar-refractivity contribution is -0.137. The number of carbonyl (C=O) groups is 3. The lowest BCUT2D eigenvalue weighted by atomic mass is 9.76. The van der Waals surface area contributed by atoms with Gasteiger partial charge in [0, 0.05) is 16.0 Å². The lowest BCUT2D eigenvalue weighted by Crippen LogP contribution is -2.42. The molecule has 0 radical (unpaired) electrons. The van der Waals surface area contributed by atoms with Crippen LogP contribution in [0.4, 0.5) is 24.5 Å². The Balaban J connectivity index is 1.46. The van der Waals surface area contributed by atoms with Gasteiger partial charge in [-0.3, -0.25) is 23.7 Å². The molecule has 2 aromatic carbocycles. The Bertz CT molecular complexity index is 1530. The third-order valence-electron chi connectivity index (χ3n) is 6.77. The number of aryl methyl sites for hydroxylation is 1. The summed E-state index contributed by atoms with van der Waals surface area (Å²) in [4.78, 5) is 53.6. The monoisotopic (exact) mass is 561 g/mol. The van der Waals surface area contributed by atoms with Crippen molar-refractivity contribution in [1.82, 2.24) is 4.57 Å². The van der Waals surface area contributed by atoms with Gasteiger partial charge in [-0.1, -0.05) is 60.7 Å². The molecule has 1 fully saturated rings. The molecule has 1 saturated heterocycles. The van der Waals surface area contributed by atoms with Crippen molar-refractivity contribution in [3.63, 3.8) is 0 Å². The Morgan fingerprint density at radius 1 is 1.05 bits per heavy atom. The van der Waals surface area contributed by atoms with Crippen molar-refractivity contribution in [3.05, 3.63) is 74.2 Å². The first-order chi connectivity index (χ1) is 17.8. The molecule has 12 heteroatoms. The average Bonchev–Trinajstić information content (AvgIpc) is 3.29.